The van der Waals surface area contributed by atoms with E-state index in [0.29, 0.717) is 69.2 Å². The van der Waals surface area contributed by atoms with Gasteiger partial charge in [-0.1, -0.05) is 23.2 Å². The van der Waals surface area contributed by atoms with Crippen LogP contribution in [0.5, 0.6) is 0 Å². The third-order valence-electron chi connectivity index (χ3n) is 4.93. The first-order chi connectivity index (χ1) is 17.4. The lowest BCUT2D eigenvalue weighted by atomic mass is 10.2. The summed E-state index contributed by atoms with van der Waals surface area (Å²) in [6.45, 7) is 2.72. The first-order valence-electron chi connectivity index (χ1n) is 10.8. The molecule has 0 atom stereocenters. The van der Waals surface area contributed by atoms with Gasteiger partial charge in [0.05, 0.1) is 23.5 Å². The van der Waals surface area contributed by atoms with Crippen molar-refractivity contribution in [1.82, 2.24) is 19.9 Å². The summed E-state index contributed by atoms with van der Waals surface area (Å²) < 4.78 is 5.88. The van der Waals surface area contributed by atoms with Crippen molar-refractivity contribution >= 4 is 52.2 Å². The number of rotatable bonds is 10. The molecule has 0 fully saturated rings. The van der Waals surface area contributed by atoms with E-state index in [-0.39, 0.29) is 12.1 Å². The lowest BCUT2D eigenvalue weighted by molar-refractivity contribution is 0.0697. The maximum absolute atomic E-state index is 11.7. The summed E-state index contributed by atoms with van der Waals surface area (Å²) in [5, 5.41) is 20.0. The first-order valence-corrected chi connectivity index (χ1v) is 11.5. The molecule has 0 saturated heterocycles. The van der Waals surface area contributed by atoms with Crippen LogP contribution in [0.15, 0.2) is 47.3 Å². The standard InChI is InChI=1S/C23H22Cl2N8O3/c1-12-31-21(28-7-5-26)20(22(32-12)33-17-4-6-27-9-15(17)23(34)35)30-11-19-29-10-18(36-19)14-8-13(24)2-3-16(14)25/h2-4,6,8-10,30H,5,7,11,26H2,1H3,(H,34,35)(H2,27,28,31,32,33). The van der Waals surface area contributed by atoms with Gasteiger partial charge in [-0.3, -0.25) is 4.98 Å². The van der Waals surface area contributed by atoms with Gasteiger partial charge in [-0.25, -0.2) is 19.7 Å². The number of nitrogens with zero attached hydrogens (tertiary/aromatic N) is 4. The smallest absolute Gasteiger partial charge is 0.339 e. The number of carboxylic acids is 1. The van der Waals surface area contributed by atoms with Crippen molar-refractivity contribution in [1.29, 1.82) is 0 Å². The number of nitrogens with two attached hydrogens (primary N) is 1. The topological polar surface area (TPSA) is 164 Å². The molecule has 0 bridgehead atoms. The third-order valence-corrected chi connectivity index (χ3v) is 5.49. The Labute approximate surface area is 216 Å². The summed E-state index contributed by atoms with van der Waals surface area (Å²) in [4.78, 5) is 28.8. The van der Waals surface area contributed by atoms with E-state index in [1.165, 1.54) is 12.4 Å². The second kappa shape index (κ2) is 11.2. The van der Waals surface area contributed by atoms with E-state index in [0.717, 1.165) is 0 Å². The Balaban J connectivity index is 1.65. The van der Waals surface area contributed by atoms with Gasteiger partial charge < -0.3 is 31.2 Å². The van der Waals surface area contributed by atoms with E-state index in [4.69, 9.17) is 33.4 Å². The van der Waals surface area contributed by atoms with Crippen LogP contribution >= 0.6 is 23.2 Å². The zero-order valence-corrected chi connectivity index (χ0v) is 20.6. The van der Waals surface area contributed by atoms with E-state index < -0.39 is 5.97 Å². The molecule has 13 heteroatoms. The summed E-state index contributed by atoms with van der Waals surface area (Å²) in [7, 11) is 0. The van der Waals surface area contributed by atoms with Gasteiger partial charge in [0.1, 0.15) is 17.1 Å². The minimum atomic E-state index is -1.13. The largest absolute Gasteiger partial charge is 0.478 e. The van der Waals surface area contributed by atoms with Crippen LogP contribution in [0.1, 0.15) is 22.1 Å². The number of aromatic carboxylic acids is 1. The molecule has 4 aromatic rings. The molecule has 1 aromatic carbocycles. The van der Waals surface area contributed by atoms with Gasteiger partial charge in [0, 0.05) is 36.1 Å². The monoisotopic (exact) mass is 528 g/mol. The normalized spacial score (nSPS) is 10.8. The summed E-state index contributed by atoms with van der Waals surface area (Å²) >= 11 is 12.4. The second-order valence-corrected chi connectivity index (χ2v) is 8.35. The van der Waals surface area contributed by atoms with Crippen molar-refractivity contribution in [2.75, 3.05) is 29.0 Å². The summed E-state index contributed by atoms with van der Waals surface area (Å²) in [6.07, 6.45) is 4.30. The number of oxazole rings is 1. The Morgan fingerprint density at radius 1 is 1.14 bits per heavy atom. The second-order valence-electron chi connectivity index (χ2n) is 7.51. The molecule has 3 aromatic heterocycles. The van der Waals surface area contributed by atoms with Crippen LogP contribution in [0.4, 0.5) is 23.0 Å². The highest BCUT2D eigenvalue weighted by atomic mass is 35.5. The number of hydrogen-bond acceptors (Lipinski definition) is 10. The number of benzene rings is 1. The molecule has 0 aliphatic rings. The molecule has 4 rings (SSSR count). The fourth-order valence-electron chi connectivity index (χ4n) is 3.32. The van der Waals surface area contributed by atoms with Crippen molar-refractivity contribution in [3.63, 3.8) is 0 Å². The number of aromatic nitrogens is 4. The quantitative estimate of drug-likeness (QED) is 0.196. The molecule has 0 amide bonds. The Morgan fingerprint density at radius 2 is 1.94 bits per heavy atom. The maximum atomic E-state index is 11.7. The molecule has 0 aliphatic carbocycles. The number of carboxylic acid groups (broad SMARTS) is 1. The predicted octanol–water partition coefficient (Wildman–Crippen LogP) is 4.57. The van der Waals surface area contributed by atoms with Crippen LogP contribution in [0.3, 0.4) is 0 Å². The average Bonchev–Trinajstić information content (AvgIpc) is 3.32. The number of pyridine rings is 1. The molecule has 0 saturated carbocycles. The van der Waals surface area contributed by atoms with Crippen molar-refractivity contribution in [3.8, 4) is 11.3 Å². The molecule has 186 valence electrons. The first kappa shape index (κ1) is 25.2. The number of carbonyl (C=O) groups is 1. The number of aryl methyl sites for hydroxylation is 1. The van der Waals surface area contributed by atoms with Gasteiger partial charge in [0.2, 0.25) is 5.89 Å². The predicted molar refractivity (Wildman–Crippen MR) is 138 cm³/mol. The Morgan fingerprint density at radius 3 is 2.72 bits per heavy atom. The summed E-state index contributed by atoms with van der Waals surface area (Å²) in [5.74, 6) is 0.989. The minimum absolute atomic E-state index is 0.00748. The molecular weight excluding hydrogens is 507 g/mol. The van der Waals surface area contributed by atoms with Gasteiger partial charge in [0.25, 0.3) is 0 Å². The van der Waals surface area contributed by atoms with Gasteiger partial charge >= 0.3 is 5.97 Å². The number of nitrogens with one attached hydrogen (secondary N) is 3. The van der Waals surface area contributed by atoms with E-state index >= 15 is 0 Å². The van der Waals surface area contributed by atoms with Gasteiger partial charge in [-0.15, -0.1) is 0 Å². The average molecular weight is 529 g/mol. The highest BCUT2D eigenvalue weighted by Gasteiger charge is 2.18. The number of anilines is 4. The summed E-state index contributed by atoms with van der Waals surface area (Å²) in [5.41, 5.74) is 7.07. The van der Waals surface area contributed by atoms with Crippen molar-refractivity contribution in [2.45, 2.75) is 13.5 Å². The van der Waals surface area contributed by atoms with E-state index in [2.05, 4.69) is 35.9 Å². The van der Waals surface area contributed by atoms with Crippen LogP contribution in [-0.2, 0) is 6.54 Å². The molecule has 0 spiro atoms. The Hall–Kier alpha value is -3.93. The molecule has 36 heavy (non-hydrogen) atoms. The molecule has 0 aliphatic heterocycles. The van der Waals surface area contributed by atoms with E-state index in [1.54, 1.807) is 37.4 Å². The third kappa shape index (κ3) is 5.82. The fourth-order valence-corrected chi connectivity index (χ4v) is 3.70. The highest BCUT2D eigenvalue weighted by molar-refractivity contribution is 6.35. The molecule has 3 heterocycles. The molecule has 6 N–H and O–H groups in total. The van der Waals surface area contributed by atoms with Crippen LogP contribution in [0.2, 0.25) is 10.0 Å². The van der Waals surface area contributed by atoms with Crippen LogP contribution in [0.25, 0.3) is 11.3 Å². The SMILES string of the molecule is Cc1nc(NCCN)c(NCc2ncc(-c3cc(Cl)ccc3Cl)o2)c(Nc2ccncc2C(=O)O)n1. The van der Waals surface area contributed by atoms with Gasteiger partial charge in [-0.2, -0.15) is 0 Å². The zero-order valence-electron chi connectivity index (χ0n) is 19.0. The fraction of sp³-hybridized carbons (Fsp3) is 0.174. The van der Waals surface area contributed by atoms with Crippen molar-refractivity contribution in [2.24, 2.45) is 5.73 Å². The highest BCUT2D eigenvalue weighted by Crippen LogP contribution is 2.33. The van der Waals surface area contributed by atoms with E-state index in [1.807, 2.05) is 0 Å². The van der Waals surface area contributed by atoms with E-state index in [9.17, 15) is 9.90 Å². The number of hydrogen-bond donors (Lipinski definition) is 5. The van der Waals surface area contributed by atoms with Crippen LogP contribution in [-0.4, -0.2) is 44.1 Å². The molecule has 0 radical (unpaired) electrons. The maximum Gasteiger partial charge on any atom is 0.339 e. The Bertz CT molecular complexity index is 1400. The van der Waals surface area contributed by atoms with Gasteiger partial charge in [-0.05, 0) is 31.2 Å². The Kier molecular flexibility index (Phi) is 7.84. The molecule has 11 nitrogen and oxygen atoms in total. The lowest BCUT2D eigenvalue weighted by Crippen LogP contribution is -2.17. The molecule has 0 unspecified atom stereocenters. The summed E-state index contributed by atoms with van der Waals surface area (Å²) in [6, 6.07) is 6.61. The van der Waals surface area contributed by atoms with Gasteiger partial charge in [0.15, 0.2) is 17.4 Å². The van der Waals surface area contributed by atoms with Crippen molar-refractivity contribution in [3.05, 3.63) is 70.2 Å². The lowest BCUT2D eigenvalue weighted by Gasteiger charge is -2.18. The zero-order chi connectivity index (χ0) is 25.7. The van der Waals surface area contributed by atoms with Crippen LogP contribution in [0, 0.1) is 6.92 Å². The molecular formula is C23H22Cl2N8O3. The van der Waals surface area contributed by atoms with Crippen LogP contribution < -0.4 is 21.7 Å². The minimum Gasteiger partial charge on any atom is -0.478 e. The van der Waals surface area contributed by atoms with Crippen molar-refractivity contribution < 1.29 is 14.3 Å². The number of halogens is 2.